The molecule has 26 heavy (non-hydrogen) atoms. The molecule has 1 amide bonds. The van der Waals surface area contributed by atoms with Gasteiger partial charge in [0, 0.05) is 23.1 Å². The van der Waals surface area contributed by atoms with E-state index in [1.54, 1.807) is 29.7 Å². The number of hydrogen-bond acceptors (Lipinski definition) is 4. The van der Waals surface area contributed by atoms with Crippen molar-refractivity contribution in [3.05, 3.63) is 76.5 Å². The standard InChI is InChI=1S/C20H27N3O3/c1-14(2)19(17-9-11-18(12-10-17)20(24)22-25)23(26)13-21-15(3)16-7-5-4-6-8-16/h4-12,14-15,19,21,23,25H,13H2,1-3H3,(H,22,24)/t15-,19?/m0/s1. The third-order valence-corrected chi connectivity index (χ3v) is 4.53. The first-order chi connectivity index (χ1) is 12.4. The van der Waals surface area contributed by atoms with E-state index in [2.05, 4.69) is 5.32 Å². The topological polar surface area (TPSA) is 88.9 Å². The van der Waals surface area contributed by atoms with Gasteiger partial charge in [-0.15, -0.1) is 0 Å². The maximum atomic E-state index is 12.8. The number of nitrogens with one attached hydrogen (secondary N) is 3. The fraction of sp³-hybridized carbons (Fsp3) is 0.350. The van der Waals surface area contributed by atoms with Gasteiger partial charge in [-0.1, -0.05) is 56.3 Å². The molecule has 0 fully saturated rings. The minimum absolute atomic E-state index is 0.0867. The van der Waals surface area contributed by atoms with Crippen molar-refractivity contribution in [1.82, 2.24) is 10.8 Å². The molecule has 0 heterocycles. The van der Waals surface area contributed by atoms with Crippen molar-refractivity contribution in [3.8, 4) is 0 Å². The van der Waals surface area contributed by atoms with Crippen LogP contribution in [0.3, 0.4) is 0 Å². The molecule has 3 atom stereocenters. The molecule has 140 valence electrons. The Morgan fingerprint density at radius 2 is 1.65 bits per heavy atom. The van der Waals surface area contributed by atoms with Gasteiger partial charge in [-0.2, -0.15) is 0 Å². The average molecular weight is 357 g/mol. The summed E-state index contributed by atoms with van der Waals surface area (Å²) in [6, 6.07) is 16.6. The van der Waals surface area contributed by atoms with Crippen LogP contribution in [0.5, 0.6) is 0 Å². The summed E-state index contributed by atoms with van der Waals surface area (Å²) in [6.45, 7) is 6.34. The predicted octanol–water partition coefficient (Wildman–Crippen LogP) is 2.19. The highest BCUT2D eigenvalue weighted by Crippen LogP contribution is 2.19. The first-order valence-electron chi connectivity index (χ1n) is 8.79. The third kappa shape index (κ3) is 5.12. The molecule has 6 nitrogen and oxygen atoms in total. The van der Waals surface area contributed by atoms with Crippen molar-refractivity contribution < 1.29 is 15.1 Å². The van der Waals surface area contributed by atoms with Crippen LogP contribution >= 0.6 is 0 Å². The highest BCUT2D eigenvalue weighted by atomic mass is 16.5. The van der Waals surface area contributed by atoms with E-state index in [9.17, 15) is 10.0 Å². The Kier molecular flexibility index (Phi) is 7.29. The summed E-state index contributed by atoms with van der Waals surface area (Å²) >= 11 is 0. The molecule has 0 aliphatic carbocycles. The summed E-state index contributed by atoms with van der Waals surface area (Å²) in [4.78, 5) is 11.4. The highest BCUT2D eigenvalue weighted by Gasteiger charge is 2.23. The van der Waals surface area contributed by atoms with Crippen LogP contribution in [-0.4, -0.2) is 17.8 Å². The van der Waals surface area contributed by atoms with Gasteiger partial charge < -0.3 is 10.3 Å². The molecule has 2 rings (SSSR count). The van der Waals surface area contributed by atoms with Gasteiger partial charge in [0.25, 0.3) is 5.91 Å². The van der Waals surface area contributed by atoms with E-state index in [0.717, 1.165) is 11.1 Å². The monoisotopic (exact) mass is 357 g/mol. The number of carbonyl (C=O) groups is 1. The lowest BCUT2D eigenvalue weighted by Gasteiger charge is -2.35. The fourth-order valence-electron chi connectivity index (χ4n) is 3.07. The van der Waals surface area contributed by atoms with Gasteiger partial charge in [-0.3, -0.25) is 15.3 Å². The Morgan fingerprint density at radius 3 is 2.19 bits per heavy atom. The molecule has 0 radical (unpaired) electrons. The fourth-order valence-corrected chi connectivity index (χ4v) is 3.07. The summed E-state index contributed by atoms with van der Waals surface area (Å²) in [7, 11) is 0. The summed E-state index contributed by atoms with van der Waals surface area (Å²) < 4.78 is 0. The normalized spacial score (nSPS) is 14.7. The Labute approximate surface area is 154 Å². The second kappa shape index (κ2) is 9.45. The summed E-state index contributed by atoms with van der Waals surface area (Å²) in [6.07, 6.45) is 0. The van der Waals surface area contributed by atoms with Crippen molar-refractivity contribution in [2.75, 3.05) is 6.67 Å². The van der Waals surface area contributed by atoms with Crippen LogP contribution in [0.4, 0.5) is 0 Å². The van der Waals surface area contributed by atoms with Gasteiger partial charge in [-0.25, -0.2) is 5.48 Å². The van der Waals surface area contributed by atoms with Gasteiger partial charge >= 0.3 is 0 Å². The van der Waals surface area contributed by atoms with Gasteiger partial charge in [0.1, 0.15) is 12.7 Å². The van der Waals surface area contributed by atoms with E-state index in [1.165, 1.54) is 0 Å². The second-order valence-electron chi connectivity index (χ2n) is 6.76. The Hall–Kier alpha value is -2.25. The summed E-state index contributed by atoms with van der Waals surface area (Å²) in [5.41, 5.74) is 3.97. The third-order valence-electron chi connectivity index (χ3n) is 4.53. The molecule has 0 aromatic heterocycles. The lowest BCUT2D eigenvalue weighted by atomic mass is 9.95. The van der Waals surface area contributed by atoms with Crippen LogP contribution in [0, 0.1) is 11.1 Å². The second-order valence-corrected chi connectivity index (χ2v) is 6.76. The van der Waals surface area contributed by atoms with Gasteiger partial charge in [-0.05, 0) is 24.6 Å². The van der Waals surface area contributed by atoms with Crippen LogP contribution in [0.15, 0.2) is 54.6 Å². The van der Waals surface area contributed by atoms with E-state index in [0.29, 0.717) is 5.56 Å². The number of carbonyl (C=O) groups excluding carboxylic acids is 1. The SMILES string of the molecule is CC(C)C(c1ccc(C(=O)NO)cc1)[NH+]([O-])CN[C@@H](C)c1ccccc1. The largest absolute Gasteiger partial charge is 0.633 e. The number of quaternary nitrogens is 1. The molecular formula is C20H27N3O3. The summed E-state index contributed by atoms with van der Waals surface area (Å²) in [5.74, 6) is -0.434. The van der Waals surface area contributed by atoms with Gasteiger partial charge in [0.05, 0.1) is 0 Å². The van der Waals surface area contributed by atoms with E-state index in [1.807, 2.05) is 51.1 Å². The van der Waals surface area contributed by atoms with E-state index < -0.39 is 5.91 Å². The first-order valence-corrected chi connectivity index (χ1v) is 8.79. The molecule has 0 aliphatic rings. The average Bonchev–Trinajstić information content (AvgIpc) is 2.66. The molecule has 2 aromatic carbocycles. The predicted molar refractivity (Wildman–Crippen MR) is 100 cm³/mol. The quantitative estimate of drug-likeness (QED) is 0.331. The number of benzene rings is 2. The van der Waals surface area contributed by atoms with Crippen LogP contribution in [0.25, 0.3) is 0 Å². The molecule has 0 saturated carbocycles. The molecule has 2 aromatic rings. The lowest BCUT2D eigenvalue weighted by molar-refractivity contribution is -0.889. The van der Waals surface area contributed by atoms with Gasteiger partial charge in [0.2, 0.25) is 0 Å². The van der Waals surface area contributed by atoms with Crippen LogP contribution in [0.1, 0.15) is 54.3 Å². The zero-order valence-corrected chi connectivity index (χ0v) is 15.4. The van der Waals surface area contributed by atoms with E-state index in [-0.39, 0.29) is 29.7 Å². The zero-order chi connectivity index (χ0) is 19.1. The van der Waals surface area contributed by atoms with Crippen LogP contribution in [0.2, 0.25) is 0 Å². The Bertz CT molecular complexity index is 689. The maximum absolute atomic E-state index is 12.8. The van der Waals surface area contributed by atoms with E-state index in [4.69, 9.17) is 5.21 Å². The van der Waals surface area contributed by atoms with Crippen molar-refractivity contribution in [2.45, 2.75) is 32.9 Å². The van der Waals surface area contributed by atoms with Gasteiger partial charge in [0.15, 0.2) is 0 Å². The summed E-state index contributed by atoms with van der Waals surface area (Å²) in [5, 5.41) is 24.9. The molecule has 2 unspecified atom stereocenters. The van der Waals surface area contributed by atoms with E-state index >= 15 is 0 Å². The molecule has 0 aliphatic heterocycles. The Morgan fingerprint density at radius 1 is 1.04 bits per heavy atom. The number of hydrogen-bond donors (Lipinski definition) is 4. The minimum atomic E-state index is -0.567. The van der Waals surface area contributed by atoms with Crippen LogP contribution < -0.4 is 15.9 Å². The first kappa shape index (κ1) is 20.1. The van der Waals surface area contributed by atoms with Crippen molar-refractivity contribution in [1.29, 1.82) is 0 Å². The molecule has 0 spiro atoms. The Balaban J connectivity index is 2.05. The van der Waals surface area contributed by atoms with Crippen molar-refractivity contribution in [3.63, 3.8) is 0 Å². The lowest BCUT2D eigenvalue weighted by Crippen LogP contribution is -3.09. The highest BCUT2D eigenvalue weighted by molar-refractivity contribution is 5.93. The molecule has 6 heteroatoms. The van der Waals surface area contributed by atoms with Crippen LogP contribution in [-0.2, 0) is 0 Å². The zero-order valence-electron chi connectivity index (χ0n) is 15.4. The molecule has 4 N–H and O–H groups in total. The smallest absolute Gasteiger partial charge is 0.274 e. The van der Waals surface area contributed by atoms with Crippen molar-refractivity contribution >= 4 is 5.91 Å². The maximum Gasteiger partial charge on any atom is 0.274 e. The minimum Gasteiger partial charge on any atom is -0.633 e. The number of amides is 1. The van der Waals surface area contributed by atoms with Crippen molar-refractivity contribution in [2.24, 2.45) is 5.92 Å². The molecule has 0 bridgehead atoms. The molecular weight excluding hydrogens is 330 g/mol. The molecule has 0 saturated heterocycles. The number of rotatable bonds is 8. The number of hydroxylamine groups is 3.